The predicted octanol–water partition coefficient (Wildman–Crippen LogP) is 7.15. The van der Waals surface area contributed by atoms with Gasteiger partial charge in [0.25, 0.3) is 11.8 Å². The number of halogens is 1. The zero-order valence-electron chi connectivity index (χ0n) is 21.8. The molecule has 196 valence electrons. The third kappa shape index (κ3) is 5.64. The number of imide groups is 2. The van der Waals surface area contributed by atoms with Gasteiger partial charge in [0.15, 0.2) is 0 Å². The van der Waals surface area contributed by atoms with Crippen LogP contribution < -0.4 is 15.0 Å². The van der Waals surface area contributed by atoms with Gasteiger partial charge in [0, 0.05) is 0 Å². The first-order valence-corrected chi connectivity index (χ1v) is 13.3. The van der Waals surface area contributed by atoms with Crippen LogP contribution in [0.2, 0.25) is 0 Å². The summed E-state index contributed by atoms with van der Waals surface area (Å²) in [7, 11) is 0. The summed E-state index contributed by atoms with van der Waals surface area (Å²) in [6.45, 7) is 6.63. The van der Waals surface area contributed by atoms with Crippen LogP contribution in [0.4, 0.5) is 10.5 Å². The number of nitrogens with zero attached hydrogens (tertiary/aromatic N) is 1. The predicted molar refractivity (Wildman–Crippen MR) is 157 cm³/mol. The van der Waals surface area contributed by atoms with Crippen molar-refractivity contribution in [3.05, 3.63) is 112 Å². The molecule has 1 aliphatic heterocycles. The number of fused-ring (bicyclic) bond motifs is 1. The molecule has 0 aliphatic carbocycles. The molecular formula is C32H27BrN2O4. The van der Waals surface area contributed by atoms with Crippen LogP contribution in [0, 0.1) is 0 Å². The first kappa shape index (κ1) is 26.4. The Hall–Kier alpha value is -4.23. The van der Waals surface area contributed by atoms with Crippen molar-refractivity contribution >= 4 is 56.3 Å². The Kier molecular flexibility index (Phi) is 7.10. The zero-order valence-corrected chi connectivity index (χ0v) is 23.4. The van der Waals surface area contributed by atoms with Gasteiger partial charge in [0.1, 0.15) is 17.9 Å². The highest BCUT2D eigenvalue weighted by Gasteiger charge is 2.37. The molecule has 5 rings (SSSR count). The van der Waals surface area contributed by atoms with Gasteiger partial charge in [-0.3, -0.25) is 14.9 Å². The number of hydrogen-bond donors (Lipinski definition) is 1. The van der Waals surface area contributed by atoms with E-state index < -0.39 is 17.8 Å². The Bertz CT molecular complexity index is 1630. The number of carbonyl (C=O) groups excluding carboxylic acids is 3. The highest BCUT2D eigenvalue weighted by atomic mass is 79.9. The minimum absolute atomic E-state index is 0.0769. The first-order chi connectivity index (χ1) is 18.6. The molecule has 0 unspecified atom stereocenters. The van der Waals surface area contributed by atoms with Crippen LogP contribution in [-0.2, 0) is 21.6 Å². The molecule has 1 aliphatic rings. The Morgan fingerprint density at radius 2 is 1.59 bits per heavy atom. The highest BCUT2D eigenvalue weighted by Crippen LogP contribution is 2.30. The lowest BCUT2D eigenvalue weighted by Gasteiger charge is -2.27. The number of urea groups is 1. The van der Waals surface area contributed by atoms with Crippen LogP contribution in [0.5, 0.6) is 5.75 Å². The second-order valence-corrected chi connectivity index (χ2v) is 11.3. The second-order valence-electron chi connectivity index (χ2n) is 10.4. The SMILES string of the molecule is CC(C)(C)c1ccc(N2C(=O)NC(=O)C(=Cc3ccc(OCc4ccc5ccccc5c4)c(Br)c3)C2=O)cc1. The summed E-state index contributed by atoms with van der Waals surface area (Å²) in [6, 6.07) is 26.1. The van der Waals surface area contributed by atoms with Crippen molar-refractivity contribution in [2.24, 2.45) is 0 Å². The fraction of sp³-hybridized carbons (Fsp3) is 0.156. The van der Waals surface area contributed by atoms with Crippen LogP contribution in [0.1, 0.15) is 37.5 Å². The smallest absolute Gasteiger partial charge is 0.335 e. The normalized spacial score (nSPS) is 15.1. The number of anilines is 1. The van der Waals surface area contributed by atoms with E-state index in [2.05, 4.69) is 66.3 Å². The second kappa shape index (κ2) is 10.5. The first-order valence-electron chi connectivity index (χ1n) is 12.5. The van der Waals surface area contributed by atoms with Crippen molar-refractivity contribution in [3.63, 3.8) is 0 Å². The third-order valence-corrected chi connectivity index (χ3v) is 7.19. The molecule has 4 aromatic carbocycles. The monoisotopic (exact) mass is 582 g/mol. The number of amides is 4. The molecule has 6 nitrogen and oxygen atoms in total. The molecule has 1 fully saturated rings. The minimum Gasteiger partial charge on any atom is -0.488 e. The van der Waals surface area contributed by atoms with Crippen molar-refractivity contribution < 1.29 is 19.1 Å². The van der Waals surface area contributed by atoms with Gasteiger partial charge >= 0.3 is 6.03 Å². The number of barbiturate groups is 1. The van der Waals surface area contributed by atoms with Crippen molar-refractivity contribution in [2.45, 2.75) is 32.8 Å². The molecule has 0 radical (unpaired) electrons. The summed E-state index contributed by atoms with van der Waals surface area (Å²) >= 11 is 3.53. The summed E-state index contributed by atoms with van der Waals surface area (Å²) < 4.78 is 6.69. The maximum absolute atomic E-state index is 13.3. The molecule has 0 atom stereocenters. The maximum atomic E-state index is 13.3. The Labute approximate surface area is 235 Å². The van der Waals surface area contributed by atoms with Gasteiger partial charge < -0.3 is 4.74 Å². The van der Waals surface area contributed by atoms with E-state index in [0.29, 0.717) is 28.1 Å². The van der Waals surface area contributed by atoms with E-state index in [-0.39, 0.29) is 11.0 Å². The number of rotatable bonds is 5. The van der Waals surface area contributed by atoms with Gasteiger partial charge in [0.2, 0.25) is 0 Å². The number of hydrogen-bond acceptors (Lipinski definition) is 4. The molecule has 7 heteroatoms. The van der Waals surface area contributed by atoms with E-state index in [1.807, 2.05) is 30.3 Å². The Balaban J connectivity index is 1.34. The molecular weight excluding hydrogens is 556 g/mol. The van der Waals surface area contributed by atoms with E-state index in [1.165, 1.54) is 11.5 Å². The van der Waals surface area contributed by atoms with Crippen LogP contribution in [0.25, 0.3) is 16.8 Å². The summed E-state index contributed by atoms with van der Waals surface area (Å²) in [5, 5.41) is 4.59. The number of benzene rings is 4. The summed E-state index contributed by atoms with van der Waals surface area (Å²) in [6.07, 6.45) is 1.47. The average molecular weight is 583 g/mol. The van der Waals surface area contributed by atoms with Gasteiger partial charge in [-0.2, -0.15) is 0 Å². The molecule has 1 N–H and O–H groups in total. The largest absolute Gasteiger partial charge is 0.488 e. The van der Waals surface area contributed by atoms with Gasteiger partial charge in [-0.15, -0.1) is 0 Å². The maximum Gasteiger partial charge on any atom is 0.335 e. The quantitative estimate of drug-likeness (QED) is 0.200. The van der Waals surface area contributed by atoms with Crippen LogP contribution in [-0.4, -0.2) is 17.8 Å². The van der Waals surface area contributed by atoms with E-state index >= 15 is 0 Å². The summed E-state index contributed by atoms with van der Waals surface area (Å²) in [5.41, 5.74) is 2.89. The Morgan fingerprint density at radius 1 is 0.872 bits per heavy atom. The minimum atomic E-state index is -0.774. The van der Waals surface area contributed by atoms with Gasteiger partial charge in [-0.1, -0.05) is 75.4 Å². The fourth-order valence-electron chi connectivity index (χ4n) is 4.38. The van der Waals surface area contributed by atoms with Gasteiger partial charge in [-0.05, 0) is 85.2 Å². The van der Waals surface area contributed by atoms with E-state index in [0.717, 1.165) is 21.4 Å². The van der Waals surface area contributed by atoms with E-state index in [1.54, 1.807) is 30.3 Å². The third-order valence-electron chi connectivity index (χ3n) is 6.57. The lowest BCUT2D eigenvalue weighted by molar-refractivity contribution is -0.122. The van der Waals surface area contributed by atoms with Crippen molar-refractivity contribution in [2.75, 3.05) is 4.90 Å². The Morgan fingerprint density at radius 3 is 2.28 bits per heavy atom. The number of nitrogens with one attached hydrogen (secondary N) is 1. The number of carbonyl (C=O) groups is 3. The summed E-state index contributed by atoms with van der Waals surface area (Å²) in [4.78, 5) is 39.4. The lowest BCUT2D eigenvalue weighted by Crippen LogP contribution is -2.54. The lowest BCUT2D eigenvalue weighted by atomic mass is 9.87. The molecule has 4 aromatic rings. The zero-order chi connectivity index (χ0) is 27.7. The molecule has 0 bridgehead atoms. The topological polar surface area (TPSA) is 75.7 Å². The van der Waals surface area contributed by atoms with Crippen LogP contribution >= 0.6 is 15.9 Å². The molecule has 1 heterocycles. The van der Waals surface area contributed by atoms with Crippen LogP contribution in [0.15, 0.2) is 95.0 Å². The average Bonchev–Trinajstić information content (AvgIpc) is 2.90. The van der Waals surface area contributed by atoms with E-state index in [9.17, 15) is 14.4 Å². The summed E-state index contributed by atoms with van der Waals surface area (Å²) in [5.74, 6) is -0.791. The van der Waals surface area contributed by atoms with Crippen molar-refractivity contribution in [1.29, 1.82) is 0 Å². The molecule has 4 amide bonds. The fourth-order valence-corrected chi connectivity index (χ4v) is 4.89. The van der Waals surface area contributed by atoms with Crippen LogP contribution in [0.3, 0.4) is 0 Å². The number of ether oxygens (including phenoxy) is 1. The molecule has 0 aromatic heterocycles. The van der Waals surface area contributed by atoms with Gasteiger partial charge in [-0.25, -0.2) is 9.69 Å². The molecule has 1 saturated heterocycles. The highest BCUT2D eigenvalue weighted by molar-refractivity contribution is 9.10. The van der Waals surface area contributed by atoms with Gasteiger partial charge in [0.05, 0.1) is 10.2 Å². The molecule has 0 saturated carbocycles. The van der Waals surface area contributed by atoms with E-state index in [4.69, 9.17) is 4.74 Å². The van der Waals surface area contributed by atoms with Crippen molar-refractivity contribution in [1.82, 2.24) is 5.32 Å². The standard InChI is InChI=1S/C32H27BrN2O4/c1-32(2,3)24-11-13-25(14-12-24)35-30(37)26(29(36)34-31(35)38)17-20-9-15-28(27(33)18-20)39-19-21-8-10-22-6-4-5-7-23(22)16-21/h4-18H,19H2,1-3H3,(H,34,36,38). The van der Waals surface area contributed by atoms with Crippen molar-refractivity contribution in [3.8, 4) is 5.75 Å². The molecule has 0 spiro atoms. The molecule has 39 heavy (non-hydrogen) atoms.